The molecule has 3 heteroatoms. The predicted molar refractivity (Wildman–Crippen MR) is 53.6 cm³/mol. The molecule has 2 aliphatic carbocycles. The second-order valence-electron chi connectivity index (χ2n) is 4.27. The fourth-order valence-corrected chi connectivity index (χ4v) is 2.16. The van der Waals surface area contributed by atoms with Crippen molar-refractivity contribution in [1.82, 2.24) is 0 Å². The van der Waals surface area contributed by atoms with E-state index in [-0.39, 0.29) is 24.0 Å². The lowest BCUT2D eigenvalue weighted by Gasteiger charge is -2.27. The van der Waals surface area contributed by atoms with Crippen LogP contribution in [-0.4, -0.2) is 12.3 Å². The molecule has 0 aromatic heterocycles. The number of hydrogen-bond acceptors (Lipinski definition) is 0. The maximum absolute atomic E-state index is 13.7. The monoisotopic (exact) mass is 214 g/mol. The van der Waals surface area contributed by atoms with Gasteiger partial charge >= 0.3 is 0 Å². The topological polar surface area (TPSA) is 0 Å². The van der Waals surface area contributed by atoms with Crippen LogP contribution in [-0.2, 0) is 0 Å². The van der Waals surface area contributed by atoms with Crippen molar-refractivity contribution < 1.29 is 13.2 Å². The highest BCUT2D eigenvalue weighted by atomic mass is 19.1. The first-order valence-electron chi connectivity index (χ1n) is 5.05. The van der Waals surface area contributed by atoms with Gasteiger partial charge in [0.25, 0.3) is 0 Å². The van der Waals surface area contributed by atoms with E-state index >= 15 is 0 Å². The molecule has 0 aromatic carbocycles. The van der Waals surface area contributed by atoms with Crippen molar-refractivity contribution in [3.05, 3.63) is 34.2 Å². The summed E-state index contributed by atoms with van der Waals surface area (Å²) in [6.45, 7) is 3.17. The van der Waals surface area contributed by atoms with Gasteiger partial charge in [0.1, 0.15) is 18.2 Å². The molecule has 0 bridgehead atoms. The molecule has 2 aliphatic rings. The molecule has 0 aliphatic heterocycles. The van der Waals surface area contributed by atoms with E-state index in [4.69, 9.17) is 0 Å². The van der Waals surface area contributed by atoms with E-state index in [9.17, 15) is 13.2 Å². The highest BCUT2D eigenvalue weighted by Gasteiger charge is 2.33. The van der Waals surface area contributed by atoms with Crippen molar-refractivity contribution in [3.63, 3.8) is 0 Å². The molecule has 0 nitrogen and oxygen atoms in total. The molecule has 0 amide bonds. The van der Waals surface area contributed by atoms with Gasteiger partial charge in [-0.2, -0.15) is 0 Å². The molecule has 0 N–H and O–H groups in total. The van der Waals surface area contributed by atoms with E-state index in [2.05, 4.69) is 0 Å². The third-order valence-corrected chi connectivity index (χ3v) is 3.03. The SMILES string of the molecule is CC1=CC2=C(C(F)=C(C)C(F)C2)C(F)C1. The third kappa shape index (κ3) is 1.64. The Morgan fingerprint density at radius 2 is 1.80 bits per heavy atom. The smallest absolute Gasteiger partial charge is 0.132 e. The number of rotatable bonds is 0. The van der Waals surface area contributed by atoms with Crippen molar-refractivity contribution in [2.24, 2.45) is 0 Å². The van der Waals surface area contributed by atoms with Gasteiger partial charge in [0.2, 0.25) is 0 Å². The fraction of sp³-hybridized carbons (Fsp3) is 0.500. The Morgan fingerprint density at radius 1 is 1.13 bits per heavy atom. The van der Waals surface area contributed by atoms with Crippen LogP contribution in [0.4, 0.5) is 13.2 Å². The molecule has 0 aromatic rings. The molecular formula is C12H13F3. The van der Waals surface area contributed by atoms with E-state index < -0.39 is 18.2 Å². The first kappa shape index (κ1) is 10.5. The molecule has 2 rings (SSSR count). The highest BCUT2D eigenvalue weighted by molar-refractivity contribution is 5.50. The Bertz CT molecular complexity index is 388. The fourth-order valence-electron chi connectivity index (χ4n) is 2.16. The Kier molecular flexibility index (Phi) is 2.49. The molecule has 0 heterocycles. The summed E-state index contributed by atoms with van der Waals surface area (Å²) in [4.78, 5) is 0. The van der Waals surface area contributed by atoms with Crippen LogP contribution >= 0.6 is 0 Å². The average Bonchev–Trinajstić information content (AvgIpc) is 2.13. The van der Waals surface area contributed by atoms with E-state index in [0.717, 1.165) is 5.57 Å². The van der Waals surface area contributed by atoms with E-state index in [1.807, 2.05) is 0 Å². The third-order valence-electron chi connectivity index (χ3n) is 3.03. The Labute approximate surface area is 87.2 Å². The van der Waals surface area contributed by atoms with Crippen LogP contribution in [0.1, 0.15) is 26.7 Å². The minimum absolute atomic E-state index is 0.0318. The predicted octanol–water partition coefficient (Wildman–Crippen LogP) is 3.96. The largest absolute Gasteiger partial charge is 0.242 e. The number of halogens is 3. The molecular weight excluding hydrogens is 201 g/mol. The molecule has 15 heavy (non-hydrogen) atoms. The first-order chi connectivity index (χ1) is 7.00. The van der Waals surface area contributed by atoms with E-state index in [1.54, 1.807) is 13.0 Å². The summed E-state index contributed by atoms with van der Waals surface area (Å²) in [5, 5.41) is 0. The quantitative estimate of drug-likeness (QED) is 0.572. The second kappa shape index (κ2) is 3.54. The van der Waals surface area contributed by atoms with E-state index in [0.29, 0.717) is 5.57 Å². The Hall–Kier alpha value is -0.990. The summed E-state index contributed by atoms with van der Waals surface area (Å²) >= 11 is 0. The maximum Gasteiger partial charge on any atom is 0.132 e. The summed E-state index contributed by atoms with van der Waals surface area (Å²) in [5.41, 5.74) is 1.44. The van der Waals surface area contributed by atoms with Crippen molar-refractivity contribution in [2.45, 2.75) is 39.0 Å². The van der Waals surface area contributed by atoms with Gasteiger partial charge in [-0.15, -0.1) is 0 Å². The summed E-state index contributed by atoms with van der Waals surface area (Å²) in [5.74, 6) is -0.681. The van der Waals surface area contributed by atoms with Crippen molar-refractivity contribution in [3.8, 4) is 0 Å². The highest BCUT2D eigenvalue weighted by Crippen LogP contribution is 2.40. The van der Waals surface area contributed by atoms with Crippen LogP contribution in [0, 0.1) is 0 Å². The van der Waals surface area contributed by atoms with Gasteiger partial charge < -0.3 is 0 Å². The molecule has 2 atom stereocenters. The minimum atomic E-state index is -1.31. The molecule has 0 radical (unpaired) electrons. The molecule has 0 spiro atoms. The summed E-state index contributed by atoms with van der Waals surface area (Å²) < 4.78 is 40.6. The molecule has 82 valence electrons. The standard InChI is InChI=1S/C12H13F3/c1-6-3-8-5-9(13)7(2)12(15)11(8)10(14)4-6/h3,9-10H,4-5H2,1-2H3. The van der Waals surface area contributed by atoms with Crippen LogP contribution in [0.3, 0.4) is 0 Å². The normalized spacial score (nSPS) is 31.7. The van der Waals surface area contributed by atoms with Gasteiger partial charge in [0.15, 0.2) is 0 Å². The Balaban J connectivity index is 2.51. The van der Waals surface area contributed by atoms with Crippen LogP contribution in [0.25, 0.3) is 0 Å². The van der Waals surface area contributed by atoms with Crippen molar-refractivity contribution in [1.29, 1.82) is 0 Å². The Morgan fingerprint density at radius 3 is 2.47 bits per heavy atom. The van der Waals surface area contributed by atoms with E-state index in [1.165, 1.54) is 6.92 Å². The molecule has 2 unspecified atom stereocenters. The van der Waals surface area contributed by atoms with Gasteiger partial charge in [0.05, 0.1) is 0 Å². The zero-order valence-corrected chi connectivity index (χ0v) is 8.78. The number of allylic oxidation sites excluding steroid dienone is 6. The van der Waals surface area contributed by atoms with Crippen LogP contribution < -0.4 is 0 Å². The number of alkyl halides is 2. The van der Waals surface area contributed by atoms with Gasteiger partial charge in [-0.25, -0.2) is 13.2 Å². The maximum atomic E-state index is 13.7. The minimum Gasteiger partial charge on any atom is -0.242 e. The average molecular weight is 214 g/mol. The van der Waals surface area contributed by atoms with Crippen LogP contribution in [0.5, 0.6) is 0 Å². The van der Waals surface area contributed by atoms with Crippen molar-refractivity contribution in [2.75, 3.05) is 0 Å². The zero-order chi connectivity index (χ0) is 11.2. The lowest BCUT2D eigenvalue weighted by Crippen LogP contribution is -2.21. The van der Waals surface area contributed by atoms with Gasteiger partial charge in [-0.1, -0.05) is 11.6 Å². The first-order valence-corrected chi connectivity index (χ1v) is 5.05. The lowest BCUT2D eigenvalue weighted by molar-refractivity contribution is 0.330. The molecule has 0 fully saturated rings. The summed E-state index contributed by atoms with van der Waals surface area (Å²) in [7, 11) is 0. The van der Waals surface area contributed by atoms with Gasteiger partial charge in [-0.05, 0) is 25.0 Å². The van der Waals surface area contributed by atoms with Gasteiger partial charge in [-0.3, -0.25) is 0 Å². The molecule has 0 saturated heterocycles. The summed E-state index contributed by atoms with van der Waals surface area (Å²) in [6, 6.07) is 0. The van der Waals surface area contributed by atoms with Crippen molar-refractivity contribution >= 4 is 0 Å². The summed E-state index contributed by atoms with van der Waals surface area (Å²) in [6.07, 6.45) is -0.585. The number of hydrogen-bond donors (Lipinski definition) is 0. The molecule has 0 saturated carbocycles. The second-order valence-corrected chi connectivity index (χ2v) is 4.27. The zero-order valence-electron chi connectivity index (χ0n) is 8.78. The van der Waals surface area contributed by atoms with Crippen LogP contribution in [0.2, 0.25) is 0 Å². The lowest BCUT2D eigenvalue weighted by atomic mass is 9.82. The van der Waals surface area contributed by atoms with Crippen LogP contribution in [0.15, 0.2) is 34.2 Å². The van der Waals surface area contributed by atoms with Gasteiger partial charge in [0, 0.05) is 18.4 Å².